The summed E-state index contributed by atoms with van der Waals surface area (Å²) < 4.78 is 13.4. The molecule has 0 bridgehead atoms. The van der Waals surface area contributed by atoms with Crippen LogP contribution < -0.4 is 4.74 Å². The third kappa shape index (κ3) is 3.47. The van der Waals surface area contributed by atoms with Crippen molar-refractivity contribution in [3.05, 3.63) is 24.4 Å². The van der Waals surface area contributed by atoms with Crippen LogP contribution in [0.25, 0.3) is 11.0 Å². The summed E-state index contributed by atoms with van der Waals surface area (Å²) in [5.41, 5.74) is 0.400. The summed E-state index contributed by atoms with van der Waals surface area (Å²) in [6, 6.07) is 5.99. The van der Waals surface area contributed by atoms with Gasteiger partial charge < -0.3 is 18.9 Å². The molecule has 6 heteroatoms. The number of ether oxygens (including phenoxy) is 2. The van der Waals surface area contributed by atoms with Crippen LogP contribution in [0, 0.1) is 0 Å². The molecule has 2 atom stereocenters. The van der Waals surface area contributed by atoms with Crippen molar-refractivity contribution in [2.75, 3.05) is 6.54 Å². The lowest BCUT2D eigenvalue weighted by molar-refractivity contribution is 0.0223. The van der Waals surface area contributed by atoms with Crippen LogP contribution in [0.2, 0.25) is 0 Å². The predicted molar refractivity (Wildman–Crippen MR) is 92.1 cm³/mol. The summed E-state index contributed by atoms with van der Waals surface area (Å²) in [6.45, 7) is 8.15. The van der Waals surface area contributed by atoms with Crippen LogP contribution in [0.15, 0.2) is 24.4 Å². The van der Waals surface area contributed by atoms with Crippen LogP contribution in [-0.4, -0.2) is 44.8 Å². The Morgan fingerprint density at radius 2 is 2.04 bits per heavy atom. The van der Waals surface area contributed by atoms with Gasteiger partial charge in [-0.2, -0.15) is 4.98 Å². The Kier molecular flexibility index (Phi) is 4.15. The van der Waals surface area contributed by atoms with Crippen molar-refractivity contribution < 1.29 is 14.3 Å². The molecule has 1 aliphatic heterocycles. The van der Waals surface area contributed by atoms with Crippen molar-refractivity contribution in [1.82, 2.24) is 14.5 Å². The standard InChI is InChI=1S/C18H25N3O3/c1-12-10-14(11-21(12)17(22)24-18(2,3)4)23-15-7-6-13-8-9-20(5)16(13)19-15/h6-9,12,14H,10-11H2,1-5H3. The second-order valence-corrected chi connectivity index (χ2v) is 7.45. The molecule has 2 aromatic rings. The summed E-state index contributed by atoms with van der Waals surface area (Å²) in [6.07, 6.45) is 2.39. The number of nitrogens with zero attached hydrogens (tertiary/aromatic N) is 3. The predicted octanol–water partition coefficient (Wildman–Crippen LogP) is 3.35. The van der Waals surface area contributed by atoms with Gasteiger partial charge in [-0.3, -0.25) is 0 Å². The Hall–Kier alpha value is -2.24. The molecule has 6 nitrogen and oxygen atoms in total. The van der Waals surface area contributed by atoms with Crippen LogP contribution in [-0.2, 0) is 11.8 Å². The fraction of sp³-hybridized carbons (Fsp3) is 0.556. The number of amides is 1. The fourth-order valence-corrected chi connectivity index (χ4v) is 3.00. The molecule has 0 radical (unpaired) electrons. The van der Waals surface area contributed by atoms with E-state index in [0.717, 1.165) is 17.5 Å². The highest BCUT2D eigenvalue weighted by molar-refractivity contribution is 5.76. The molecule has 0 aromatic carbocycles. The van der Waals surface area contributed by atoms with Gasteiger partial charge in [0.15, 0.2) is 0 Å². The lowest BCUT2D eigenvalue weighted by Crippen LogP contribution is -2.39. The van der Waals surface area contributed by atoms with Gasteiger partial charge in [-0.15, -0.1) is 0 Å². The summed E-state index contributed by atoms with van der Waals surface area (Å²) in [5, 5.41) is 1.08. The molecule has 2 unspecified atom stereocenters. The van der Waals surface area contributed by atoms with Gasteiger partial charge >= 0.3 is 6.09 Å². The van der Waals surface area contributed by atoms with Crippen LogP contribution in [0.3, 0.4) is 0 Å². The van der Waals surface area contributed by atoms with Crippen molar-refractivity contribution in [1.29, 1.82) is 0 Å². The maximum atomic E-state index is 12.3. The van der Waals surface area contributed by atoms with E-state index in [4.69, 9.17) is 9.47 Å². The molecule has 3 heterocycles. The summed E-state index contributed by atoms with van der Waals surface area (Å²) in [4.78, 5) is 18.6. The number of carbonyl (C=O) groups is 1. The van der Waals surface area contributed by atoms with E-state index in [9.17, 15) is 4.79 Å². The quantitative estimate of drug-likeness (QED) is 0.847. The number of carbonyl (C=O) groups excluding carboxylic acids is 1. The van der Waals surface area contributed by atoms with Crippen molar-refractivity contribution in [3.8, 4) is 5.88 Å². The molecule has 0 aliphatic carbocycles. The van der Waals surface area contributed by atoms with E-state index in [1.807, 2.05) is 63.7 Å². The number of hydrogen-bond donors (Lipinski definition) is 0. The largest absolute Gasteiger partial charge is 0.472 e. The average molecular weight is 331 g/mol. The van der Waals surface area contributed by atoms with Gasteiger partial charge in [0.2, 0.25) is 5.88 Å². The van der Waals surface area contributed by atoms with Crippen LogP contribution in [0.1, 0.15) is 34.1 Å². The molecule has 0 saturated carbocycles. The lowest BCUT2D eigenvalue weighted by Gasteiger charge is -2.26. The number of aromatic nitrogens is 2. The molecule has 1 saturated heterocycles. The number of rotatable bonds is 2. The van der Waals surface area contributed by atoms with Gasteiger partial charge in [0.1, 0.15) is 17.4 Å². The summed E-state index contributed by atoms with van der Waals surface area (Å²) >= 11 is 0. The first-order valence-corrected chi connectivity index (χ1v) is 8.31. The highest BCUT2D eigenvalue weighted by Crippen LogP contribution is 2.25. The van der Waals surface area contributed by atoms with Gasteiger partial charge in [-0.05, 0) is 39.8 Å². The molecule has 2 aromatic heterocycles. The minimum absolute atomic E-state index is 0.0715. The first-order valence-electron chi connectivity index (χ1n) is 8.31. The molecule has 0 N–H and O–H groups in total. The zero-order valence-corrected chi connectivity index (χ0v) is 14.9. The van der Waals surface area contributed by atoms with Gasteiger partial charge in [0, 0.05) is 37.2 Å². The molecular weight excluding hydrogens is 306 g/mol. The first-order chi connectivity index (χ1) is 11.2. The third-order valence-electron chi connectivity index (χ3n) is 4.14. The molecule has 3 rings (SSSR count). The number of hydrogen-bond acceptors (Lipinski definition) is 4. The Morgan fingerprint density at radius 1 is 1.29 bits per heavy atom. The zero-order chi connectivity index (χ0) is 17.5. The molecule has 1 amide bonds. The number of fused-ring (bicyclic) bond motifs is 1. The molecule has 1 fully saturated rings. The highest BCUT2D eigenvalue weighted by atomic mass is 16.6. The molecule has 24 heavy (non-hydrogen) atoms. The summed E-state index contributed by atoms with van der Waals surface area (Å²) in [7, 11) is 1.96. The van der Waals surface area contributed by atoms with E-state index in [1.165, 1.54) is 0 Å². The van der Waals surface area contributed by atoms with E-state index >= 15 is 0 Å². The monoisotopic (exact) mass is 331 g/mol. The average Bonchev–Trinajstić information content (AvgIpc) is 3.01. The minimum atomic E-state index is -0.491. The van der Waals surface area contributed by atoms with E-state index in [2.05, 4.69) is 4.98 Å². The smallest absolute Gasteiger partial charge is 0.410 e. The van der Waals surface area contributed by atoms with Crippen molar-refractivity contribution >= 4 is 17.1 Å². The summed E-state index contributed by atoms with van der Waals surface area (Å²) in [5.74, 6) is 0.590. The van der Waals surface area contributed by atoms with Gasteiger partial charge in [0.25, 0.3) is 0 Å². The van der Waals surface area contributed by atoms with E-state index < -0.39 is 5.60 Å². The lowest BCUT2D eigenvalue weighted by atomic mass is 10.2. The molecule has 0 spiro atoms. The van der Waals surface area contributed by atoms with Crippen LogP contribution in [0.5, 0.6) is 5.88 Å². The topological polar surface area (TPSA) is 56.6 Å². The number of pyridine rings is 1. The second-order valence-electron chi connectivity index (χ2n) is 7.45. The normalized spacial score (nSPS) is 21.3. The number of likely N-dealkylation sites (tertiary alicyclic amines) is 1. The van der Waals surface area contributed by atoms with Gasteiger partial charge in [-0.25, -0.2) is 4.79 Å². The zero-order valence-electron chi connectivity index (χ0n) is 14.9. The van der Waals surface area contributed by atoms with E-state index in [1.54, 1.807) is 4.90 Å². The minimum Gasteiger partial charge on any atom is -0.472 e. The maximum absolute atomic E-state index is 12.3. The Morgan fingerprint density at radius 3 is 2.75 bits per heavy atom. The van der Waals surface area contributed by atoms with E-state index in [-0.39, 0.29) is 18.2 Å². The molecular formula is C18H25N3O3. The van der Waals surface area contributed by atoms with Gasteiger partial charge in [0.05, 0.1) is 6.54 Å². The maximum Gasteiger partial charge on any atom is 0.410 e. The van der Waals surface area contributed by atoms with Gasteiger partial charge in [-0.1, -0.05) is 0 Å². The van der Waals surface area contributed by atoms with Crippen LogP contribution >= 0.6 is 0 Å². The van der Waals surface area contributed by atoms with Crippen molar-refractivity contribution in [2.45, 2.75) is 51.9 Å². The fourth-order valence-electron chi connectivity index (χ4n) is 3.00. The Bertz CT molecular complexity index is 748. The number of aryl methyl sites for hydroxylation is 1. The Labute approximate surface area is 142 Å². The second kappa shape index (κ2) is 6.00. The molecule has 130 valence electrons. The Balaban J connectivity index is 1.67. The van der Waals surface area contributed by atoms with Crippen LogP contribution in [0.4, 0.5) is 4.79 Å². The third-order valence-corrected chi connectivity index (χ3v) is 4.14. The highest BCUT2D eigenvalue weighted by Gasteiger charge is 2.36. The van der Waals surface area contributed by atoms with Crippen molar-refractivity contribution in [3.63, 3.8) is 0 Å². The van der Waals surface area contributed by atoms with E-state index in [0.29, 0.717) is 12.4 Å². The SMILES string of the molecule is CC1CC(Oc2ccc3ccn(C)c3n2)CN1C(=O)OC(C)(C)C. The first kappa shape index (κ1) is 16.6. The molecule has 1 aliphatic rings. The van der Waals surface area contributed by atoms with Crippen molar-refractivity contribution in [2.24, 2.45) is 7.05 Å².